The van der Waals surface area contributed by atoms with Crippen LogP contribution in [0.2, 0.25) is 0 Å². The highest BCUT2D eigenvalue weighted by Gasteiger charge is 2.30. The van der Waals surface area contributed by atoms with Crippen LogP contribution in [0.5, 0.6) is 0 Å². The van der Waals surface area contributed by atoms with Crippen LogP contribution in [-0.4, -0.2) is 17.0 Å². The Kier molecular flexibility index (Phi) is 4.51. The number of carboxylic acid groups (broad SMARTS) is 1. The molecule has 18 heavy (non-hydrogen) atoms. The molecule has 1 aromatic rings. The molecule has 0 fully saturated rings. The minimum absolute atomic E-state index is 0.0612. The molecule has 0 aromatic heterocycles. The molecule has 0 saturated heterocycles. The summed E-state index contributed by atoms with van der Waals surface area (Å²) in [6.07, 6.45) is -0.0612. The smallest absolute Gasteiger partial charge is 0.309 e. The Morgan fingerprint density at radius 3 is 2.56 bits per heavy atom. The van der Waals surface area contributed by atoms with Crippen molar-refractivity contribution in [1.29, 1.82) is 0 Å². The number of carbonyl (C=O) groups excluding carboxylic acids is 1. The summed E-state index contributed by atoms with van der Waals surface area (Å²) in [6, 6.07) is 5.48. The first-order chi connectivity index (χ1) is 8.24. The average Bonchev–Trinajstić information content (AvgIpc) is 2.23. The number of anilines is 1. The van der Waals surface area contributed by atoms with Gasteiger partial charge in [-0.15, -0.1) is 0 Å². The predicted molar refractivity (Wildman–Crippen MR) is 73.5 cm³/mol. The normalized spacial score (nSPS) is 11.1. The number of carboxylic acids is 1. The molecule has 0 spiro atoms. The van der Waals surface area contributed by atoms with E-state index in [1.54, 1.807) is 6.07 Å². The Morgan fingerprint density at radius 2 is 2.00 bits per heavy atom. The number of halogens is 1. The minimum Gasteiger partial charge on any atom is -0.481 e. The van der Waals surface area contributed by atoms with Crippen molar-refractivity contribution in [2.75, 3.05) is 5.32 Å². The van der Waals surface area contributed by atoms with Crippen molar-refractivity contribution in [3.63, 3.8) is 0 Å². The number of hydrogen-bond acceptors (Lipinski definition) is 2. The van der Waals surface area contributed by atoms with Crippen LogP contribution in [0.1, 0.15) is 25.8 Å². The molecule has 1 aromatic carbocycles. The van der Waals surface area contributed by atoms with Crippen LogP contribution in [0.4, 0.5) is 5.69 Å². The summed E-state index contributed by atoms with van der Waals surface area (Å²) in [5.41, 5.74) is 0.541. The lowest BCUT2D eigenvalue weighted by molar-refractivity contribution is -0.148. The number of benzene rings is 1. The third-order valence-electron chi connectivity index (χ3n) is 2.72. The van der Waals surface area contributed by atoms with Crippen molar-refractivity contribution >= 4 is 33.5 Å². The first-order valence-corrected chi connectivity index (χ1v) is 6.31. The van der Waals surface area contributed by atoms with Gasteiger partial charge in [0.1, 0.15) is 0 Å². The van der Waals surface area contributed by atoms with Gasteiger partial charge in [0.2, 0.25) is 5.91 Å². The molecule has 5 heteroatoms. The van der Waals surface area contributed by atoms with E-state index in [9.17, 15) is 9.59 Å². The molecular weight excluding hydrogens is 298 g/mol. The van der Waals surface area contributed by atoms with Crippen molar-refractivity contribution in [3.8, 4) is 0 Å². The Balaban J connectivity index is 2.77. The molecule has 0 heterocycles. The van der Waals surface area contributed by atoms with Crippen LogP contribution in [-0.2, 0) is 9.59 Å². The van der Waals surface area contributed by atoms with E-state index in [4.69, 9.17) is 5.11 Å². The summed E-state index contributed by atoms with van der Waals surface area (Å²) in [5, 5.41) is 11.7. The van der Waals surface area contributed by atoms with E-state index in [0.29, 0.717) is 5.69 Å². The van der Waals surface area contributed by atoms with Crippen LogP contribution in [0.3, 0.4) is 0 Å². The second-order valence-corrected chi connectivity index (χ2v) is 5.68. The van der Waals surface area contributed by atoms with Crippen LogP contribution >= 0.6 is 15.9 Å². The molecule has 0 radical (unpaired) electrons. The van der Waals surface area contributed by atoms with Gasteiger partial charge >= 0.3 is 5.97 Å². The molecule has 0 saturated carbocycles. The molecule has 98 valence electrons. The van der Waals surface area contributed by atoms with Crippen LogP contribution in [0, 0.1) is 12.3 Å². The van der Waals surface area contributed by atoms with Gasteiger partial charge < -0.3 is 10.4 Å². The van der Waals surface area contributed by atoms with Gasteiger partial charge in [-0.3, -0.25) is 9.59 Å². The predicted octanol–water partition coefficient (Wildman–Crippen LogP) is 3.20. The summed E-state index contributed by atoms with van der Waals surface area (Å²) < 4.78 is 0.901. The van der Waals surface area contributed by atoms with Crippen molar-refractivity contribution in [2.24, 2.45) is 5.41 Å². The van der Waals surface area contributed by atoms with Crippen molar-refractivity contribution in [1.82, 2.24) is 0 Å². The summed E-state index contributed by atoms with van der Waals surface area (Å²) in [7, 11) is 0. The van der Waals surface area contributed by atoms with E-state index in [-0.39, 0.29) is 12.3 Å². The maximum absolute atomic E-state index is 11.8. The Bertz CT molecular complexity index is 483. The Hall–Kier alpha value is -1.36. The van der Waals surface area contributed by atoms with Gasteiger partial charge in [0, 0.05) is 16.6 Å². The zero-order valence-corrected chi connectivity index (χ0v) is 12.2. The minimum atomic E-state index is -1.07. The fraction of sp³-hybridized carbons (Fsp3) is 0.385. The van der Waals surface area contributed by atoms with E-state index in [2.05, 4.69) is 21.2 Å². The maximum Gasteiger partial charge on any atom is 0.309 e. The number of rotatable bonds is 4. The highest BCUT2D eigenvalue weighted by molar-refractivity contribution is 9.10. The van der Waals surface area contributed by atoms with E-state index >= 15 is 0 Å². The summed E-state index contributed by atoms with van der Waals surface area (Å²) in [5.74, 6) is -1.28. The number of carbonyl (C=O) groups is 2. The zero-order valence-electron chi connectivity index (χ0n) is 10.6. The third-order valence-corrected chi connectivity index (χ3v) is 3.58. The highest BCUT2D eigenvalue weighted by atomic mass is 79.9. The van der Waals surface area contributed by atoms with Crippen molar-refractivity contribution in [2.45, 2.75) is 27.2 Å². The third kappa shape index (κ3) is 3.57. The zero-order chi connectivity index (χ0) is 13.9. The molecule has 0 aliphatic heterocycles. The lowest BCUT2D eigenvalue weighted by atomic mass is 9.89. The lowest BCUT2D eigenvalue weighted by Crippen LogP contribution is -2.29. The fourth-order valence-corrected chi connectivity index (χ4v) is 1.78. The molecule has 0 atom stereocenters. The molecule has 4 nitrogen and oxygen atoms in total. The van der Waals surface area contributed by atoms with Crippen molar-refractivity contribution < 1.29 is 14.7 Å². The second kappa shape index (κ2) is 5.52. The van der Waals surface area contributed by atoms with E-state index in [1.165, 1.54) is 13.8 Å². The lowest BCUT2D eigenvalue weighted by Gasteiger charge is -2.18. The van der Waals surface area contributed by atoms with Gasteiger partial charge in [-0.25, -0.2) is 0 Å². The van der Waals surface area contributed by atoms with E-state index in [1.807, 2.05) is 19.1 Å². The molecular formula is C13H16BrNO3. The first-order valence-electron chi connectivity index (χ1n) is 5.52. The topological polar surface area (TPSA) is 66.4 Å². The summed E-state index contributed by atoms with van der Waals surface area (Å²) >= 11 is 3.38. The van der Waals surface area contributed by atoms with Crippen molar-refractivity contribution in [3.05, 3.63) is 28.2 Å². The Labute approximate surface area is 115 Å². The van der Waals surface area contributed by atoms with Gasteiger partial charge in [0.15, 0.2) is 0 Å². The summed E-state index contributed by atoms with van der Waals surface area (Å²) in [4.78, 5) is 22.7. The number of nitrogens with one attached hydrogen (secondary N) is 1. The second-order valence-electron chi connectivity index (χ2n) is 4.83. The van der Waals surface area contributed by atoms with Gasteiger partial charge in [0.25, 0.3) is 0 Å². The SMILES string of the molecule is Cc1c(Br)cccc1NC(=O)CC(C)(C)C(=O)O. The van der Waals surface area contributed by atoms with Crippen LogP contribution in [0.15, 0.2) is 22.7 Å². The van der Waals surface area contributed by atoms with Gasteiger partial charge in [-0.2, -0.15) is 0 Å². The Morgan fingerprint density at radius 1 is 1.39 bits per heavy atom. The molecule has 1 amide bonds. The molecule has 1 rings (SSSR count). The molecule has 0 unspecified atom stereocenters. The number of aliphatic carboxylic acids is 1. The summed E-state index contributed by atoms with van der Waals surface area (Å²) in [6.45, 7) is 4.94. The van der Waals surface area contributed by atoms with Crippen LogP contribution in [0.25, 0.3) is 0 Å². The quantitative estimate of drug-likeness (QED) is 0.897. The molecule has 0 aliphatic carbocycles. The number of hydrogen-bond donors (Lipinski definition) is 2. The average molecular weight is 314 g/mol. The van der Waals surface area contributed by atoms with E-state index < -0.39 is 11.4 Å². The fourth-order valence-electron chi connectivity index (χ4n) is 1.41. The van der Waals surface area contributed by atoms with Gasteiger partial charge in [0.05, 0.1) is 5.41 Å². The molecule has 0 bridgehead atoms. The molecule has 0 aliphatic rings. The maximum atomic E-state index is 11.8. The van der Waals surface area contributed by atoms with E-state index in [0.717, 1.165) is 10.0 Å². The van der Waals surface area contributed by atoms with Crippen LogP contribution < -0.4 is 5.32 Å². The standard InChI is InChI=1S/C13H16BrNO3/c1-8-9(14)5-4-6-10(8)15-11(16)7-13(2,3)12(17)18/h4-6H,7H2,1-3H3,(H,15,16)(H,17,18). The number of amides is 1. The van der Waals surface area contributed by atoms with Gasteiger partial charge in [-0.05, 0) is 38.5 Å². The highest BCUT2D eigenvalue weighted by Crippen LogP contribution is 2.25. The monoisotopic (exact) mass is 313 g/mol. The van der Waals surface area contributed by atoms with Gasteiger partial charge in [-0.1, -0.05) is 22.0 Å². The molecule has 2 N–H and O–H groups in total. The first kappa shape index (κ1) is 14.7. The largest absolute Gasteiger partial charge is 0.481 e.